The van der Waals surface area contributed by atoms with Gasteiger partial charge in [-0.3, -0.25) is 0 Å². The van der Waals surface area contributed by atoms with Gasteiger partial charge in [0.25, 0.3) is 0 Å². The summed E-state index contributed by atoms with van der Waals surface area (Å²) in [5.74, 6) is 2.55. The molecule has 0 aliphatic heterocycles. The van der Waals surface area contributed by atoms with Gasteiger partial charge in [0, 0.05) is 19.6 Å². The van der Waals surface area contributed by atoms with Crippen molar-refractivity contribution in [2.45, 2.75) is 46.6 Å². The zero-order valence-electron chi connectivity index (χ0n) is 13.1. The highest BCUT2D eigenvalue weighted by Crippen LogP contribution is 2.28. The summed E-state index contributed by atoms with van der Waals surface area (Å²) < 4.78 is 0. The van der Waals surface area contributed by atoms with Crippen LogP contribution in [-0.2, 0) is 6.54 Å². The predicted octanol–water partition coefficient (Wildman–Crippen LogP) is 2.85. The molecule has 1 aromatic rings. The smallest absolute Gasteiger partial charge is 0.151 e. The number of hydrogen-bond donors (Lipinski definition) is 1. The van der Waals surface area contributed by atoms with E-state index < -0.39 is 0 Å². The highest BCUT2D eigenvalue weighted by Gasteiger charge is 2.20. The van der Waals surface area contributed by atoms with Gasteiger partial charge in [-0.05, 0) is 50.3 Å². The van der Waals surface area contributed by atoms with Gasteiger partial charge in [-0.15, -0.1) is 5.10 Å². The van der Waals surface area contributed by atoms with Crippen LogP contribution in [0.1, 0.15) is 45.7 Å². The fraction of sp³-hybridized carbons (Fsp3) is 0.750. The monoisotopic (exact) mass is 276 g/mol. The molecule has 20 heavy (non-hydrogen) atoms. The molecule has 1 aliphatic rings. The van der Waals surface area contributed by atoms with E-state index in [2.05, 4.69) is 53.3 Å². The Morgan fingerprint density at radius 1 is 1.30 bits per heavy atom. The summed E-state index contributed by atoms with van der Waals surface area (Å²) in [6.45, 7) is 10.6. The number of rotatable bonds is 8. The van der Waals surface area contributed by atoms with Crippen molar-refractivity contribution < 1.29 is 0 Å². The van der Waals surface area contributed by atoms with Gasteiger partial charge in [0.2, 0.25) is 0 Å². The van der Waals surface area contributed by atoms with Crippen LogP contribution >= 0.6 is 0 Å². The molecule has 1 heterocycles. The Labute approximate surface area is 123 Å². The normalized spacial score (nSPS) is 15.4. The lowest BCUT2D eigenvalue weighted by molar-refractivity contribution is 0.318. The lowest BCUT2D eigenvalue weighted by Gasteiger charge is -2.32. The molecule has 0 spiro atoms. The topological polar surface area (TPSA) is 41.0 Å². The first-order valence-electron chi connectivity index (χ1n) is 7.97. The average Bonchev–Trinajstić information content (AvgIpc) is 2.39. The number of nitrogens with zero attached hydrogens (tertiary/aromatic N) is 3. The van der Waals surface area contributed by atoms with E-state index in [1.165, 1.54) is 19.3 Å². The van der Waals surface area contributed by atoms with Gasteiger partial charge in [0.1, 0.15) is 0 Å². The van der Waals surface area contributed by atoms with E-state index in [4.69, 9.17) is 0 Å². The summed E-state index contributed by atoms with van der Waals surface area (Å²) in [5.41, 5.74) is 1.02. The molecule has 4 nitrogen and oxygen atoms in total. The van der Waals surface area contributed by atoms with Crippen LogP contribution in [0, 0.1) is 11.8 Å². The van der Waals surface area contributed by atoms with Gasteiger partial charge in [0.15, 0.2) is 5.82 Å². The SMILES string of the molecule is CCN(CC1CCC1)c1ccc(CNCC(C)C)nn1. The van der Waals surface area contributed by atoms with Crippen LogP contribution in [0.15, 0.2) is 12.1 Å². The molecular formula is C16H28N4. The summed E-state index contributed by atoms with van der Waals surface area (Å²) >= 11 is 0. The van der Waals surface area contributed by atoms with Crippen LogP contribution in [0.25, 0.3) is 0 Å². The van der Waals surface area contributed by atoms with Crippen molar-refractivity contribution in [2.24, 2.45) is 11.8 Å². The lowest BCUT2D eigenvalue weighted by atomic mass is 9.85. The predicted molar refractivity (Wildman–Crippen MR) is 83.8 cm³/mol. The quantitative estimate of drug-likeness (QED) is 0.792. The molecule has 1 aromatic heterocycles. The van der Waals surface area contributed by atoms with Gasteiger partial charge in [-0.2, -0.15) is 5.10 Å². The van der Waals surface area contributed by atoms with Crippen molar-refractivity contribution in [3.8, 4) is 0 Å². The van der Waals surface area contributed by atoms with Crippen molar-refractivity contribution >= 4 is 5.82 Å². The van der Waals surface area contributed by atoms with Crippen molar-refractivity contribution in [1.29, 1.82) is 0 Å². The molecule has 4 heteroatoms. The van der Waals surface area contributed by atoms with Crippen LogP contribution in [0.3, 0.4) is 0 Å². The minimum Gasteiger partial charge on any atom is -0.355 e. The fourth-order valence-electron chi connectivity index (χ4n) is 2.48. The maximum Gasteiger partial charge on any atom is 0.151 e. The summed E-state index contributed by atoms with van der Waals surface area (Å²) in [6.07, 6.45) is 4.15. The largest absolute Gasteiger partial charge is 0.355 e. The van der Waals surface area contributed by atoms with Crippen molar-refractivity contribution in [3.05, 3.63) is 17.8 Å². The number of aromatic nitrogens is 2. The standard InChI is InChI=1S/C16H28N4/c1-4-20(12-14-6-5-7-14)16-9-8-15(18-19-16)11-17-10-13(2)3/h8-9,13-14,17H,4-7,10-12H2,1-3H3. The zero-order chi connectivity index (χ0) is 14.4. The fourth-order valence-corrected chi connectivity index (χ4v) is 2.48. The molecule has 0 radical (unpaired) electrons. The minimum atomic E-state index is 0.667. The third kappa shape index (κ3) is 4.44. The van der Waals surface area contributed by atoms with E-state index in [-0.39, 0.29) is 0 Å². The summed E-state index contributed by atoms with van der Waals surface area (Å²) in [4.78, 5) is 2.35. The van der Waals surface area contributed by atoms with Crippen molar-refractivity contribution in [2.75, 3.05) is 24.5 Å². The van der Waals surface area contributed by atoms with Gasteiger partial charge < -0.3 is 10.2 Å². The van der Waals surface area contributed by atoms with E-state index in [0.29, 0.717) is 5.92 Å². The lowest BCUT2D eigenvalue weighted by Crippen LogP contribution is -2.33. The Balaban J connectivity index is 1.85. The first-order chi connectivity index (χ1) is 9.69. The van der Waals surface area contributed by atoms with Crippen LogP contribution in [0.4, 0.5) is 5.82 Å². The Kier molecular flexibility index (Phi) is 5.77. The van der Waals surface area contributed by atoms with Crippen molar-refractivity contribution in [3.63, 3.8) is 0 Å². The van der Waals surface area contributed by atoms with Gasteiger partial charge in [-0.25, -0.2) is 0 Å². The molecule has 0 unspecified atom stereocenters. The first kappa shape index (κ1) is 15.2. The molecule has 0 atom stereocenters. The number of nitrogens with one attached hydrogen (secondary N) is 1. The van der Waals surface area contributed by atoms with E-state index in [9.17, 15) is 0 Å². The molecule has 0 aromatic carbocycles. The van der Waals surface area contributed by atoms with E-state index in [1.807, 2.05) is 0 Å². The maximum atomic E-state index is 4.39. The molecular weight excluding hydrogens is 248 g/mol. The third-order valence-electron chi connectivity index (χ3n) is 3.97. The highest BCUT2D eigenvalue weighted by molar-refractivity contribution is 5.37. The molecule has 1 N–H and O–H groups in total. The molecule has 112 valence electrons. The minimum absolute atomic E-state index is 0.667. The summed E-state index contributed by atoms with van der Waals surface area (Å²) in [5, 5.41) is 12.1. The molecule has 0 saturated heterocycles. The first-order valence-corrected chi connectivity index (χ1v) is 7.97. The third-order valence-corrected chi connectivity index (χ3v) is 3.97. The Morgan fingerprint density at radius 2 is 2.10 bits per heavy atom. The number of hydrogen-bond acceptors (Lipinski definition) is 4. The Hall–Kier alpha value is -1.16. The van der Waals surface area contributed by atoms with Crippen LogP contribution in [0.2, 0.25) is 0 Å². The second-order valence-electron chi connectivity index (χ2n) is 6.24. The highest BCUT2D eigenvalue weighted by atomic mass is 15.3. The van der Waals surface area contributed by atoms with Gasteiger partial charge in [-0.1, -0.05) is 20.3 Å². The summed E-state index contributed by atoms with van der Waals surface area (Å²) in [6, 6.07) is 4.21. The van der Waals surface area contributed by atoms with Crippen LogP contribution < -0.4 is 10.2 Å². The zero-order valence-corrected chi connectivity index (χ0v) is 13.1. The van der Waals surface area contributed by atoms with Crippen molar-refractivity contribution in [1.82, 2.24) is 15.5 Å². The van der Waals surface area contributed by atoms with Crippen LogP contribution in [-0.4, -0.2) is 29.8 Å². The molecule has 0 bridgehead atoms. The molecule has 0 amide bonds. The Morgan fingerprint density at radius 3 is 2.60 bits per heavy atom. The van der Waals surface area contributed by atoms with E-state index >= 15 is 0 Å². The molecule has 2 rings (SSSR count). The van der Waals surface area contributed by atoms with Crippen LogP contribution in [0.5, 0.6) is 0 Å². The Bertz CT molecular complexity index is 384. The maximum absolute atomic E-state index is 4.39. The molecule has 1 saturated carbocycles. The van der Waals surface area contributed by atoms with E-state index in [0.717, 1.165) is 43.6 Å². The van der Waals surface area contributed by atoms with Gasteiger partial charge in [0.05, 0.1) is 5.69 Å². The number of anilines is 1. The second-order valence-corrected chi connectivity index (χ2v) is 6.24. The second kappa shape index (κ2) is 7.58. The average molecular weight is 276 g/mol. The molecule has 1 aliphatic carbocycles. The summed E-state index contributed by atoms with van der Waals surface area (Å²) in [7, 11) is 0. The molecule has 1 fully saturated rings. The van der Waals surface area contributed by atoms with E-state index in [1.54, 1.807) is 0 Å². The van der Waals surface area contributed by atoms with Gasteiger partial charge >= 0.3 is 0 Å².